The highest BCUT2D eigenvalue weighted by Crippen LogP contribution is 2.21. The topological polar surface area (TPSA) is 3.24 Å². The van der Waals surface area contributed by atoms with E-state index in [0.29, 0.717) is 0 Å². The molecular formula is C11H14ClNS2. The first kappa shape index (κ1) is 13.0. The van der Waals surface area contributed by atoms with Gasteiger partial charge in [0.25, 0.3) is 0 Å². The standard InChI is InChI=1S/C11H14ClNS2/c1-13(2)7-8-15-11(14)9-5-3-4-6-10(9)12/h3-6H,7-8H2,1-2H3. The van der Waals surface area contributed by atoms with Gasteiger partial charge in [0.1, 0.15) is 0 Å². The third kappa shape index (κ3) is 4.51. The lowest BCUT2D eigenvalue weighted by Gasteiger charge is -2.09. The Balaban J connectivity index is 2.51. The molecule has 1 aromatic carbocycles. The van der Waals surface area contributed by atoms with Crippen LogP contribution in [0.4, 0.5) is 0 Å². The van der Waals surface area contributed by atoms with Gasteiger partial charge in [-0.3, -0.25) is 0 Å². The highest BCUT2D eigenvalue weighted by Gasteiger charge is 2.05. The molecule has 0 atom stereocenters. The van der Waals surface area contributed by atoms with E-state index in [1.54, 1.807) is 11.8 Å². The fourth-order valence-electron chi connectivity index (χ4n) is 1.03. The van der Waals surface area contributed by atoms with Crippen molar-refractivity contribution in [2.75, 3.05) is 26.4 Å². The number of benzene rings is 1. The number of nitrogens with zero attached hydrogens (tertiary/aromatic N) is 1. The molecule has 0 heterocycles. The second-order valence-corrected chi connectivity index (χ2v) is 5.60. The summed E-state index contributed by atoms with van der Waals surface area (Å²) in [6.45, 7) is 1.02. The fraction of sp³-hybridized carbons (Fsp3) is 0.364. The van der Waals surface area contributed by atoms with Crippen LogP contribution in [-0.2, 0) is 0 Å². The SMILES string of the molecule is CN(C)CCSC(=S)c1ccccc1Cl. The Morgan fingerprint density at radius 3 is 2.67 bits per heavy atom. The quantitative estimate of drug-likeness (QED) is 0.764. The van der Waals surface area contributed by atoms with Gasteiger partial charge in [-0.05, 0) is 20.2 Å². The molecule has 0 aliphatic rings. The summed E-state index contributed by atoms with van der Waals surface area (Å²) < 4.78 is 0.877. The molecule has 0 saturated heterocycles. The molecule has 0 aliphatic carbocycles. The summed E-state index contributed by atoms with van der Waals surface area (Å²) in [7, 11) is 4.11. The average molecular weight is 260 g/mol. The molecule has 1 aromatic rings. The van der Waals surface area contributed by atoms with E-state index in [-0.39, 0.29) is 0 Å². The predicted octanol–water partition coefficient (Wildman–Crippen LogP) is 3.31. The maximum absolute atomic E-state index is 6.05. The zero-order valence-corrected chi connectivity index (χ0v) is 11.3. The van der Waals surface area contributed by atoms with E-state index in [2.05, 4.69) is 19.0 Å². The lowest BCUT2D eigenvalue weighted by molar-refractivity contribution is 0.438. The predicted molar refractivity (Wildman–Crippen MR) is 74.2 cm³/mol. The lowest BCUT2D eigenvalue weighted by atomic mass is 10.2. The molecular weight excluding hydrogens is 246 g/mol. The Morgan fingerprint density at radius 1 is 1.40 bits per heavy atom. The molecule has 0 bridgehead atoms. The lowest BCUT2D eigenvalue weighted by Crippen LogP contribution is -2.15. The van der Waals surface area contributed by atoms with Crippen molar-refractivity contribution in [1.29, 1.82) is 0 Å². The molecule has 82 valence electrons. The highest BCUT2D eigenvalue weighted by molar-refractivity contribution is 8.23. The molecule has 0 aliphatic heterocycles. The van der Waals surface area contributed by atoms with Gasteiger partial charge in [-0.1, -0.05) is 42.0 Å². The Labute approximate surface area is 106 Å². The van der Waals surface area contributed by atoms with E-state index in [0.717, 1.165) is 27.1 Å². The molecule has 0 N–H and O–H groups in total. The maximum Gasteiger partial charge on any atom is 0.0793 e. The van der Waals surface area contributed by atoms with Crippen LogP contribution in [0.1, 0.15) is 5.56 Å². The third-order valence-electron chi connectivity index (χ3n) is 1.87. The molecule has 1 nitrogen and oxygen atoms in total. The van der Waals surface area contributed by atoms with E-state index in [4.69, 9.17) is 23.8 Å². The van der Waals surface area contributed by atoms with Crippen molar-refractivity contribution in [3.63, 3.8) is 0 Å². The minimum absolute atomic E-state index is 0.736. The first-order valence-electron chi connectivity index (χ1n) is 4.67. The molecule has 1 rings (SSSR count). The largest absolute Gasteiger partial charge is 0.309 e. The normalized spacial score (nSPS) is 10.7. The van der Waals surface area contributed by atoms with Crippen LogP contribution in [0.15, 0.2) is 24.3 Å². The van der Waals surface area contributed by atoms with Gasteiger partial charge >= 0.3 is 0 Å². The molecule has 4 heteroatoms. The van der Waals surface area contributed by atoms with Gasteiger partial charge in [-0.2, -0.15) is 0 Å². The van der Waals surface area contributed by atoms with Crippen LogP contribution in [0.3, 0.4) is 0 Å². The summed E-state index contributed by atoms with van der Waals surface area (Å²) >= 11 is 13.0. The van der Waals surface area contributed by atoms with Gasteiger partial charge in [0, 0.05) is 22.9 Å². The monoisotopic (exact) mass is 259 g/mol. The van der Waals surface area contributed by atoms with E-state index >= 15 is 0 Å². The zero-order chi connectivity index (χ0) is 11.3. The Morgan fingerprint density at radius 2 is 2.07 bits per heavy atom. The van der Waals surface area contributed by atoms with Crippen LogP contribution in [-0.4, -0.2) is 35.5 Å². The van der Waals surface area contributed by atoms with E-state index in [1.165, 1.54) is 0 Å². The van der Waals surface area contributed by atoms with Crippen molar-refractivity contribution >= 4 is 39.8 Å². The Hall–Kier alpha value is -0.0900. The molecule has 15 heavy (non-hydrogen) atoms. The number of hydrogen-bond acceptors (Lipinski definition) is 3. The van der Waals surface area contributed by atoms with Crippen LogP contribution in [0.2, 0.25) is 5.02 Å². The van der Waals surface area contributed by atoms with Crippen molar-refractivity contribution in [2.45, 2.75) is 0 Å². The maximum atomic E-state index is 6.05. The van der Waals surface area contributed by atoms with Gasteiger partial charge in [-0.15, -0.1) is 11.8 Å². The van der Waals surface area contributed by atoms with Gasteiger partial charge < -0.3 is 4.90 Å². The Kier molecular flexibility index (Phi) is 5.61. The number of hydrogen-bond donors (Lipinski definition) is 0. The molecule has 0 fully saturated rings. The molecule has 0 saturated carbocycles. The van der Waals surface area contributed by atoms with Gasteiger partial charge in [0.05, 0.1) is 4.20 Å². The van der Waals surface area contributed by atoms with Gasteiger partial charge in [-0.25, -0.2) is 0 Å². The molecule has 0 aromatic heterocycles. The van der Waals surface area contributed by atoms with Crippen LogP contribution in [0.5, 0.6) is 0 Å². The molecule has 0 unspecified atom stereocenters. The fourth-order valence-corrected chi connectivity index (χ4v) is 2.77. The van der Waals surface area contributed by atoms with Crippen molar-refractivity contribution in [3.05, 3.63) is 34.9 Å². The summed E-state index contributed by atoms with van der Waals surface area (Å²) in [6, 6.07) is 7.71. The summed E-state index contributed by atoms with van der Waals surface area (Å²) in [5, 5.41) is 0.736. The highest BCUT2D eigenvalue weighted by atomic mass is 35.5. The van der Waals surface area contributed by atoms with Crippen molar-refractivity contribution in [1.82, 2.24) is 4.90 Å². The smallest absolute Gasteiger partial charge is 0.0793 e. The zero-order valence-electron chi connectivity index (χ0n) is 8.87. The van der Waals surface area contributed by atoms with Gasteiger partial charge in [0.2, 0.25) is 0 Å². The molecule has 0 amide bonds. The summed E-state index contributed by atoms with van der Waals surface area (Å²) in [5.74, 6) is 0.997. The van der Waals surface area contributed by atoms with Crippen molar-refractivity contribution < 1.29 is 0 Å². The van der Waals surface area contributed by atoms with Gasteiger partial charge in [0.15, 0.2) is 0 Å². The van der Waals surface area contributed by atoms with Crippen molar-refractivity contribution in [2.24, 2.45) is 0 Å². The first-order chi connectivity index (χ1) is 7.11. The number of thioether (sulfide) groups is 1. The number of halogens is 1. The first-order valence-corrected chi connectivity index (χ1v) is 6.45. The summed E-state index contributed by atoms with van der Waals surface area (Å²) in [6.07, 6.45) is 0. The van der Waals surface area contributed by atoms with E-state index in [1.807, 2.05) is 24.3 Å². The second kappa shape index (κ2) is 6.48. The Bertz CT molecular complexity index is 339. The molecule has 0 radical (unpaired) electrons. The summed E-state index contributed by atoms with van der Waals surface area (Å²) in [5.41, 5.74) is 0.970. The van der Waals surface area contributed by atoms with Crippen LogP contribution >= 0.6 is 35.6 Å². The minimum Gasteiger partial charge on any atom is -0.309 e. The summed E-state index contributed by atoms with van der Waals surface area (Å²) in [4.78, 5) is 2.14. The van der Waals surface area contributed by atoms with E-state index in [9.17, 15) is 0 Å². The van der Waals surface area contributed by atoms with Crippen LogP contribution < -0.4 is 0 Å². The second-order valence-electron chi connectivity index (χ2n) is 3.42. The average Bonchev–Trinajstić information content (AvgIpc) is 2.17. The van der Waals surface area contributed by atoms with E-state index < -0.39 is 0 Å². The number of rotatable bonds is 4. The third-order valence-corrected chi connectivity index (χ3v) is 3.64. The van der Waals surface area contributed by atoms with Crippen LogP contribution in [0.25, 0.3) is 0 Å². The number of thiocarbonyl (C=S) groups is 1. The van der Waals surface area contributed by atoms with Crippen molar-refractivity contribution in [3.8, 4) is 0 Å². The minimum atomic E-state index is 0.736. The molecule has 0 spiro atoms. The van der Waals surface area contributed by atoms with Crippen LogP contribution in [0, 0.1) is 0 Å².